The van der Waals surface area contributed by atoms with E-state index in [1.54, 1.807) is 13.0 Å². The second-order valence-electron chi connectivity index (χ2n) is 7.93. The third-order valence-corrected chi connectivity index (χ3v) is 5.85. The number of rotatable bonds is 5. The molecule has 3 N–H and O–H groups in total. The van der Waals surface area contributed by atoms with E-state index in [1.807, 2.05) is 5.32 Å². The zero-order chi connectivity index (χ0) is 26.2. The number of alkyl halides is 3. The summed E-state index contributed by atoms with van der Waals surface area (Å²) in [5, 5.41) is 10.6. The molecule has 1 aliphatic carbocycles. The first-order valence-corrected chi connectivity index (χ1v) is 11.6. The molecule has 188 valence electrons. The first-order valence-electron chi connectivity index (χ1n) is 10.5. The summed E-state index contributed by atoms with van der Waals surface area (Å²) >= 11 is 9.34. The van der Waals surface area contributed by atoms with Gasteiger partial charge in [0.2, 0.25) is 0 Å². The molecule has 0 spiro atoms. The first-order chi connectivity index (χ1) is 16.9. The van der Waals surface area contributed by atoms with Crippen LogP contribution in [0.2, 0.25) is 5.02 Å². The van der Waals surface area contributed by atoms with Gasteiger partial charge in [-0.05, 0) is 49.6 Å². The molecule has 3 aromatic rings. The molecule has 4 rings (SSSR count). The third kappa shape index (κ3) is 5.68. The van der Waals surface area contributed by atoms with Crippen molar-refractivity contribution in [3.05, 3.63) is 68.5 Å². The number of hydrogen-bond donors (Lipinski definition) is 3. The summed E-state index contributed by atoms with van der Waals surface area (Å²) in [6.07, 6.45) is -1.91. The van der Waals surface area contributed by atoms with Crippen molar-refractivity contribution in [1.82, 2.24) is 25.4 Å². The van der Waals surface area contributed by atoms with Gasteiger partial charge < -0.3 is 10.6 Å². The van der Waals surface area contributed by atoms with Crippen LogP contribution in [0.3, 0.4) is 0 Å². The Morgan fingerprint density at radius 1 is 1.17 bits per heavy atom. The van der Waals surface area contributed by atoms with Gasteiger partial charge in [-0.1, -0.05) is 27.5 Å². The highest BCUT2D eigenvalue weighted by atomic mass is 79.9. The van der Waals surface area contributed by atoms with Gasteiger partial charge in [-0.15, -0.1) is 0 Å². The highest BCUT2D eigenvalue weighted by Crippen LogP contribution is 2.31. The first kappa shape index (κ1) is 25.6. The van der Waals surface area contributed by atoms with E-state index in [-0.39, 0.29) is 28.1 Å². The predicted molar refractivity (Wildman–Crippen MR) is 127 cm³/mol. The highest BCUT2D eigenvalue weighted by molar-refractivity contribution is 9.10. The average molecular weight is 586 g/mol. The lowest BCUT2D eigenvalue weighted by molar-refractivity contribution is -0.141. The van der Waals surface area contributed by atoms with Crippen molar-refractivity contribution >= 4 is 51.1 Å². The van der Waals surface area contributed by atoms with Crippen LogP contribution in [0.5, 0.6) is 0 Å². The molecule has 1 aliphatic rings. The van der Waals surface area contributed by atoms with Crippen molar-refractivity contribution in [1.29, 1.82) is 0 Å². The minimum absolute atomic E-state index is 0.0570. The SMILES string of the molecule is Cc1cc(Br)cc(C(=O)NC2CC2)c1NC(=O)NC(=O)c1cc(C(F)(F)F)nn1-c1ncccc1Cl. The van der Waals surface area contributed by atoms with Gasteiger partial charge >= 0.3 is 12.2 Å². The molecule has 0 aliphatic heterocycles. The molecule has 0 radical (unpaired) electrons. The highest BCUT2D eigenvalue weighted by Gasteiger charge is 2.37. The molecule has 2 aromatic heterocycles. The van der Waals surface area contributed by atoms with E-state index >= 15 is 0 Å². The second-order valence-corrected chi connectivity index (χ2v) is 9.26. The molecule has 1 saturated carbocycles. The Hall–Kier alpha value is -3.45. The van der Waals surface area contributed by atoms with E-state index in [4.69, 9.17) is 11.6 Å². The Kier molecular flexibility index (Phi) is 7.05. The summed E-state index contributed by atoms with van der Waals surface area (Å²) in [7, 11) is 0. The van der Waals surface area contributed by atoms with Crippen LogP contribution in [0.15, 0.2) is 41.0 Å². The minimum Gasteiger partial charge on any atom is -0.349 e. The van der Waals surface area contributed by atoms with Crippen LogP contribution in [0.1, 0.15) is 44.9 Å². The van der Waals surface area contributed by atoms with Crippen molar-refractivity contribution in [3.63, 3.8) is 0 Å². The zero-order valence-electron chi connectivity index (χ0n) is 18.4. The van der Waals surface area contributed by atoms with Gasteiger partial charge in [0, 0.05) is 22.8 Å². The summed E-state index contributed by atoms with van der Waals surface area (Å²) < 4.78 is 41.2. The maximum Gasteiger partial charge on any atom is 0.435 e. The molecule has 0 atom stereocenters. The van der Waals surface area contributed by atoms with E-state index < -0.39 is 35.4 Å². The van der Waals surface area contributed by atoms with E-state index in [0.717, 1.165) is 12.8 Å². The number of pyridine rings is 1. The molecule has 1 aromatic carbocycles. The van der Waals surface area contributed by atoms with Crippen LogP contribution in [-0.4, -0.2) is 38.7 Å². The van der Waals surface area contributed by atoms with E-state index in [1.165, 1.54) is 24.4 Å². The van der Waals surface area contributed by atoms with Crippen LogP contribution < -0.4 is 16.0 Å². The number of carbonyl (C=O) groups excluding carboxylic acids is 3. The Bertz CT molecular complexity index is 1370. The van der Waals surface area contributed by atoms with E-state index in [0.29, 0.717) is 20.8 Å². The van der Waals surface area contributed by atoms with Crippen molar-refractivity contribution in [2.75, 3.05) is 5.32 Å². The number of carbonyl (C=O) groups is 3. The number of benzene rings is 1. The van der Waals surface area contributed by atoms with Crippen LogP contribution in [-0.2, 0) is 6.18 Å². The monoisotopic (exact) mass is 584 g/mol. The quantitative estimate of drug-likeness (QED) is 0.395. The van der Waals surface area contributed by atoms with Gasteiger partial charge in [-0.25, -0.2) is 14.5 Å². The molecule has 2 heterocycles. The predicted octanol–water partition coefficient (Wildman–Crippen LogP) is 4.86. The number of nitrogens with zero attached hydrogens (tertiary/aromatic N) is 3. The molecular formula is C22H17BrClF3N6O3. The van der Waals surface area contributed by atoms with Crippen molar-refractivity contribution < 1.29 is 27.6 Å². The minimum atomic E-state index is -4.87. The number of anilines is 1. The smallest absolute Gasteiger partial charge is 0.349 e. The number of nitrogens with one attached hydrogen (secondary N) is 3. The van der Waals surface area contributed by atoms with Gasteiger partial charge in [0.1, 0.15) is 5.69 Å². The second kappa shape index (κ2) is 9.90. The van der Waals surface area contributed by atoms with Crippen LogP contribution in [0, 0.1) is 6.92 Å². The van der Waals surface area contributed by atoms with Crippen molar-refractivity contribution in [3.8, 4) is 5.82 Å². The largest absolute Gasteiger partial charge is 0.435 e. The molecule has 4 amide bonds. The molecule has 0 bridgehead atoms. The van der Waals surface area contributed by atoms with Gasteiger partial charge in [0.25, 0.3) is 11.8 Å². The van der Waals surface area contributed by atoms with Gasteiger partial charge in [0.15, 0.2) is 11.5 Å². The summed E-state index contributed by atoms with van der Waals surface area (Å²) in [5.41, 5.74) is -1.20. The maximum absolute atomic E-state index is 13.3. The summed E-state index contributed by atoms with van der Waals surface area (Å²) in [6.45, 7) is 1.64. The molecular weight excluding hydrogens is 569 g/mol. The lowest BCUT2D eigenvalue weighted by Gasteiger charge is -2.15. The Balaban J connectivity index is 1.61. The number of imide groups is 1. The van der Waals surface area contributed by atoms with Gasteiger partial charge in [-0.2, -0.15) is 18.3 Å². The molecule has 9 nitrogen and oxygen atoms in total. The van der Waals surface area contributed by atoms with Crippen molar-refractivity contribution in [2.24, 2.45) is 0 Å². The van der Waals surface area contributed by atoms with E-state index in [2.05, 4.69) is 36.6 Å². The number of amides is 4. The normalized spacial score (nSPS) is 13.3. The molecule has 14 heteroatoms. The number of urea groups is 1. The fraction of sp³-hybridized carbons (Fsp3) is 0.227. The molecule has 0 unspecified atom stereocenters. The number of aryl methyl sites for hydroxylation is 1. The number of halogens is 5. The maximum atomic E-state index is 13.3. The summed E-state index contributed by atoms with van der Waals surface area (Å²) in [4.78, 5) is 42.1. The van der Waals surface area contributed by atoms with E-state index in [9.17, 15) is 27.6 Å². The Labute approximate surface area is 215 Å². The standard InChI is InChI=1S/C22H17BrClF3N6O3/c1-10-7-11(23)8-13(19(34)29-12-4-5-12)17(10)30-21(36)31-20(35)15-9-16(22(25,26)27)32-33(15)18-14(24)3-2-6-28-18/h2-3,6-9,12H,4-5H2,1H3,(H,29,34)(H2,30,31,35,36). The van der Waals surface area contributed by atoms with Gasteiger partial charge in [0.05, 0.1) is 16.3 Å². The lowest BCUT2D eigenvalue weighted by Crippen LogP contribution is -2.36. The van der Waals surface area contributed by atoms with Crippen LogP contribution >= 0.6 is 27.5 Å². The Morgan fingerprint density at radius 2 is 1.89 bits per heavy atom. The Morgan fingerprint density at radius 3 is 2.53 bits per heavy atom. The summed E-state index contributed by atoms with van der Waals surface area (Å²) in [5.74, 6) is -1.85. The lowest BCUT2D eigenvalue weighted by atomic mass is 10.1. The topological polar surface area (TPSA) is 118 Å². The van der Waals surface area contributed by atoms with Crippen LogP contribution in [0.4, 0.5) is 23.7 Å². The zero-order valence-corrected chi connectivity index (χ0v) is 20.8. The third-order valence-electron chi connectivity index (χ3n) is 5.10. The molecule has 36 heavy (non-hydrogen) atoms. The summed E-state index contributed by atoms with van der Waals surface area (Å²) in [6, 6.07) is 5.44. The fourth-order valence-electron chi connectivity index (χ4n) is 3.27. The number of aromatic nitrogens is 3. The van der Waals surface area contributed by atoms with Crippen LogP contribution in [0.25, 0.3) is 5.82 Å². The van der Waals surface area contributed by atoms with Crippen molar-refractivity contribution in [2.45, 2.75) is 32.0 Å². The molecule has 1 fully saturated rings. The fourth-order valence-corrected chi connectivity index (χ4v) is 4.04. The number of hydrogen-bond acceptors (Lipinski definition) is 5. The molecule has 0 saturated heterocycles. The average Bonchev–Trinajstić information content (AvgIpc) is 3.48. The van der Waals surface area contributed by atoms with Gasteiger partial charge in [-0.3, -0.25) is 14.9 Å².